The second kappa shape index (κ2) is 11.1. The standard InChI is InChI=1S/C28H36Cl2N2O2.Co.HI/c1-27(2,3)21-13-19(29)11-17(25(21)33)15-31-23-9-7-8-10-24(23)32-16-18-12-20(30)14-22(26(18)34)28(4,5)6;;/h11-16,23-24,33-34H,7-10H2,1-6H3;;1H/q;+2;/p-1/t23-,24-;;/m1../s1. The van der Waals surface area contributed by atoms with Gasteiger partial charge in [-0.3, -0.25) is 0 Å². The van der Waals surface area contributed by atoms with Crippen molar-refractivity contribution in [2.75, 3.05) is 0 Å². The molecule has 4 rings (SSSR count). The van der Waals surface area contributed by atoms with Crippen LogP contribution in [0.2, 0.25) is 10.0 Å². The Balaban J connectivity index is 0.00000361. The van der Waals surface area contributed by atoms with Gasteiger partial charge in [0.05, 0.1) is 0 Å². The molecule has 199 valence electrons. The predicted molar refractivity (Wildman–Crippen MR) is 141 cm³/mol. The van der Waals surface area contributed by atoms with Gasteiger partial charge < -0.3 is 24.0 Å². The summed E-state index contributed by atoms with van der Waals surface area (Å²) in [5.74, 6) is 0.571. The van der Waals surface area contributed by atoms with Crippen molar-refractivity contribution in [2.24, 2.45) is 0 Å². The van der Waals surface area contributed by atoms with E-state index in [1.165, 1.54) is 12.8 Å². The molecule has 1 aliphatic heterocycles. The summed E-state index contributed by atoms with van der Waals surface area (Å²) in [7, 11) is 0. The van der Waals surface area contributed by atoms with Gasteiger partial charge in [0, 0.05) is 0 Å². The predicted octanol–water partition coefficient (Wildman–Crippen LogP) is 3.80. The summed E-state index contributed by atoms with van der Waals surface area (Å²) in [5, 5.41) is 23.4. The quantitative estimate of drug-likeness (QED) is 0.472. The molecule has 2 aromatic carbocycles. The van der Waals surface area contributed by atoms with Crippen molar-refractivity contribution in [3.05, 3.63) is 56.6 Å². The van der Waals surface area contributed by atoms with Crippen LogP contribution in [0.4, 0.5) is 0 Å². The molecule has 2 atom stereocenters. The first-order chi connectivity index (χ1) is 16.3. The summed E-state index contributed by atoms with van der Waals surface area (Å²) in [6.45, 7) is 12.5. The summed E-state index contributed by atoms with van der Waals surface area (Å²) >= 11 is 13.9. The van der Waals surface area contributed by atoms with E-state index in [-0.39, 0.29) is 46.3 Å². The van der Waals surface area contributed by atoms with E-state index in [2.05, 4.69) is 48.8 Å². The molecule has 36 heavy (non-hydrogen) atoms. The average Bonchev–Trinajstić information content (AvgIpc) is 3.08. The van der Waals surface area contributed by atoms with Crippen molar-refractivity contribution in [3.63, 3.8) is 0 Å². The SMILES string of the molecule is CC(C)(C)c1cc(Cl)cc(C=[N+]2[Co][N+](=Cc3cc(Cl)cc(C(C)(C)C)c3O)[C@@H]3CCCC[C@H]32)c1O.[I-]. The molecule has 2 fully saturated rings. The second-order valence-electron chi connectivity index (χ2n) is 11.7. The molecule has 0 aromatic heterocycles. The Bertz CT molecular complexity index is 1120. The Morgan fingerprint density at radius 2 is 1.11 bits per heavy atom. The fourth-order valence-electron chi connectivity index (χ4n) is 4.89. The first-order valence-corrected chi connectivity index (χ1v) is 13.9. The Morgan fingerprint density at radius 1 is 0.750 bits per heavy atom. The van der Waals surface area contributed by atoms with Gasteiger partial charge in [-0.05, 0) is 0 Å². The van der Waals surface area contributed by atoms with Crippen molar-refractivity contribution in [2.45, 2.75) is 90.1 Å². The van der Waals surface area contributed by atoms with E-state index in [0.29, 0.717) is 22.1 Å². The van der Waals surface area contributed by atoms with Crippen molar-refractivity contribution >= 4 is 35.6 Å². The third-order valence-electron chi connectivity index (χ3n) is 6.79. The third-order valence-corrected chi connectivity index (χ3v) is 8.67. The molecule has 4 nitrogen and oxygen atoms in total. The van der Waals surface area contributed by atoms with Crippen LogP contribution in [-0.4, -0.2) is 42.0 Å². The molecule has 1 heterocycles. The first-order valence-electron chi connectivity index (χ1n) is 12.2. The van der Waals surface area contributed by atoms with E-state index in [1.807, 2.05) is 36.7 Å². The van der Waals surface area contributed by atoms with E-state index in [1.54, 1.807) is 0 Å². The molecule has 1 aliphatic carbocycles. The van der Waals surface area contributed by atoms with Crippen LogP contribution in [0.25, 0.3) is 0 Å². The molecular weight excluding hydrogens is 653 g/mol. The van der Waals surface area contributed by atoms with Crippen LogP contribution in [0.1, 0.15) is 89.5 Å². The van der Waals surface area contributed by atoms with Gasteiger partial charge in [0.1, 0.15) is 0 Å². The number of halogens is 3. The minimum atomic E-state index is -0.220. The van der Waals surface area contributed by atoms with Gasteiger partial charge in [-0.2, -0.15) is 0 Å². The zero-order valence-electron chi connectivity index (χ0n) is 21.7. The maximum absolute atomic E-state index is 11.1. The van der Waals surface area contributed by atoms with Crippen molar-refractivity contribution in [3.8, 4) is 11.5 Å². The van der Waals surface area contributed by atoms with Gasteiger partial charge >= 0.3 is 226 Å². The van der Waals surface area contributed by atoms with Crippen molar-refractivity contribution in [1.29, 1.82) is 0 Å². The molecule has 8 heteroatoms. The number of fused-ring (bicyclic) bond motifs is 1. The second-order valence-corrected chi connectivity index (χ2v) is 13.8. The van der Waals surface area contributed by atoms with Gasteiger partial charge in [0.15, 0.2) is 0 Å². The van der Waals surface area contributed by atoms with E-state index in [9.17, 15) is 10.2 Å². The molecular formula is C28H36Cl2CoIN2O2+. The van der Waals surface area contributed by atoms with Crippen molar-refractivity contribution in [1.82, 2.24) is 0 Å². The number of nitrogens with zero attached hydrogens (tertiary/aromatic N) is 2. The molecule has 0 bridgehead atoms. The van der Waals surface area contributed by atoms with E-state index >= 15 is 0 Å². The minimum Gasteiger partial charge on any atom is -1.00 e. The van der Waals surface area contributed by atoms with Crippen LogP contribution >= 0.6 is 23.2 Å². The van der Waals surface area contributed by atoms with E-state index in [0.717, 1.165) is 50.2 Å². The maximum atomic E-state index is 11.1. The monoisotopic (exact) mass is 688 g/mol. The van der Waals surface area contributed by atoms with Crippen LogP contribution in [-0.2, 0) is 26.0 Å². The summed E-state index contributed by atoms with van der Waals surface area (Å²) in [5.41, 5.74) is 2.72. The molecule has 2 N–H and O–H groups in total. The van der Waals surface area contributed by atoms with Crippen LogP contribution in [0.15, 0.2) is 24.3 Å². The zero-order chi connectivity index (χ0) is 25.7. The number of rotatable bonds is 2. The van der Waals surface area contributed by atoms with Crippen LogP contribution in [0.3, 0.4) is 0 Å². The Hall–Kier alpha value is -0.804. The number of benzene rings is 2. The minimum absolute atomic E-state index is 0. The summed E-state index contributed by atoms with van der Waals surface area (Å²) in [4.78, 5) is 0. The summed E-state index contributed by atoms with van der Waals surface area (Å²) in [6, 6.07) is 8.02. The Labute approximate surface area is 248 Å². The van der Waals surface area contributed by atoms with Gasteiger partial charge in [-0.15, -0.1) is 0 Å². The topological polar surface area (TPSA) is 46.5 Å². The molecule has 1 saturated carbocycles. The molecule has 1 saturated heterocycles. The molecule has 2 aliphatic rings. The maximum Gasteiger partial charge on any atom is -1.00 e. The van der Waals surface area contributed by atoms with Crippen LogP contribution in [0.5, 0.6) is 11.5 Å². The summed E-state index contributed by atoms with van der Waals surface area (Å²) < 4.78 is 4.59. The third kappa shape index (κ3) is 6.25. The fourth-order valence-corrected chi connectivity index (χ4v) is 6.97. The molecule has 2 aromatic rings. The molecule has 0 amide bonds. The van der Waals surface area contributed by atoms with E-state index in [4.69, 9.17) is 23.2 Å². The number of hydrogen-bond donors (Lipinski definition) is 2. The fraction of sp³-hybridized carbons (Fsp3) is 0.500. The van der Waals surface area contributed by atoms with Gasteiger partial charge in [0.2, 0.25) is 0 Å². The average molecular weight is 689 g/mol. The van der Waals surface area contributed by atoms with Gasteiger partial charge in [-0.25, -0.2) is 0 Å². The number of aromatic hydroxyl groups is 2. The van der Waals surface area contributed by atoms with Crippen molar-refractivity contribution < 1.29 is 56.6 Å². The number of phenolic OH excluding ortho intramolecular Hbond substituents is 2. The number of hydrogen-bond acceptors (Lipinski definition) is 2. The Morgan fingerprint density at radius 3 is 1.44 bits per heavy atom. The smallest absolute Gasteiger partial charge is 1.00 e. The molecule has 0 spiro atoms. The number of phenols is 2. The largest absolute Gasteiger partial charge is 1.00 e. The molecule has 0 unspecified atom stereocenters. The van der Waals surface area contributed by atoms with Gasteiger partial charge in [0.25, 0.3) is 0 Å². The van der Waals surface area contributed by atoms with E-state index < -0.39 is 0 Å². The first kappa shape index (κ1) is 29.7. The van der Waals surface area contributed by atoms with Crippen LogP contribution in [0, 0.1) is 0 Å². The summed E-state index contributed by atoms with van der Waals surface area (Å²) in [6.07, 6.45) is 8.62. The normalized spacial score (nSPS) is 22.8. The van der Waals surface area contributed by atoms with Gasteiger partial charge in [-0.1, -0.05) is 0 Å². The molecule has 0 radical (unpaired) electrons. The van der Waals surface area contributed by atoms with Crippen LogP contribution < -0.4 is 24.0 Å². The zero-order valence-corrected chi connectivity index (χ0v) is 26.4. The Kier molecular flexibility index (Phi) is 9.19.